The summed E-state index contributed by atoms with van der Waals surface area (Å²) in [5.74, 6) is -1.48. The Balaban J connectivity index is 1.54. The highest BCUT2D eigenvalue weighted by Gasteiger charge is 2.37. The van der Waals surface area contributed by atoms with E-state index in [9.17, 15) is 36.2 Å². The molecule has 3 N–H and O–H groups in total. The van der Waals surface area contributed by atoms with Crippen molar-refractivity contribution in [2.75, 3.05) is 6.54 Å². The number of halogens is 6. The van der Waals surface area contributed by atoms with Crippen LogP contribution in [-0.2, 0) is 23.6 Å². The molecule has 1 aliphatic rings. The van der Waals surface area contributed by atoms with Crippen molar-refractivity contribution in [3.8, 4) is 22.8 Å². The van der Waals surface area contributed by atoms with Gasteiger partial charge in [-0.25, -0.2) is 0 Å². The lowest BCUT2D eigenvalue weighted by atomic mass is 9.97. The number of carboxylic acids is 1. The van der Waals surface area contributed by atoms with Crippen molar-refractivity contribution in [3.63, 3.8) is 0 Å². The van der Waals surface area contributed by atoms with E-state index < -0.39 is 46.9 Å². The fourth-order valence-electron chi connectivity index (χ4n) is 4.33. The molecular formula is C23H16F6N4O3. The first kappa shape index (κ1) is 23.9. The molecule has 0 fully saturated rings. The number of carbonyl (C=O) groups is 1. The van der Waals surface area contributed by atoms with Crippen LogP contribution in [0.2, 0.25) is 0 Å². The van der Waals surface area contributed by atoms with E-state index >= 15 is 0 Å². The fourth-order valence-corrected chi connectivity index (χ4v) is 4.33. The van der Waals surface area contributed by atoms with Crippen LogP contribution in [0, 0.1) is 0 Å². The Bertz CT molecular complexity index is 1440. The Morgan fingerprint density at radius 1 is 1.03 bits per heavy atom. The number of alkyl halides is 6. The summed E-state index contributed by atoms with van der Waals surface area (Å²) in [7, 11) is 0. The Hall–Kier alpha value is -3.87. The van der Waals surface area contributed by atoms with Gasteiger partial charge in [-0.05, 0) is 54.9 Å². The van der Waals surface area contributed by atoms with Crippen molar-refractivity contribution < 1.29 is 40.8 Å². The number of fused-ring (bicyclic) bond motifs is 3. The van der Waals surface area contributed by atoms with Crippen LogP contribution in [0.15, 0.2) is 40.9 Å². The van der Waals surface area contributed by atoms with Gasteiger partial charge in [0.2, 0.25) is 5.82 Å². The maximum Gasteiger partial charge on any atom is 0.416 e. The van der Waals surface area contributed by atoms with Crippen LogP contribution in [0.5, 0.6) is 0 Å². The average Bonchev–Trinajstić information content (AvgIpc) is 3.43. The third-order valence-corrected chi connectivity index (χ3v) is 5.95. The van der Waals surface area contributed by atoms with Gasteiger partial charge in [0.05, 0.1) is 23.6 Å². The summed E-state index contributed by atoms with van der Waals surface area (Å²) in [4.78, 5) is 18.5. The van der Waals surface area contributed by atoms with Crippen LogP contribution < -0.4 is 5.32 Å². The van der Waals surface area contributed by atoms with E-state index in [1.807, 2.05) is 0 Å². The Kier molecular flexibility index (Phi) is 5.54. The van der Waals surface area contributed by atoms with Gasteiger partial charge < -0.3 is 19.9 Å². The minimum absolute atomic E-state index is 0.0240. The summed E-state index contributed by atoms with van der Waals surface area (Å²) in [5, 5.41) is 16.9. The largest absolute Gasteiger partial charge is 0.481 e. The highest BCUT2D eigenvalue weighted by atomic mass is 19.4. The molecule has 3 heterocycles. The molecule has 0 aliphatic carbocycles. The van der Waals surface area contributed by atoms with Crippen LogP contribution in [0.25, 0.3) is 33.7 Å². The summed E-state index contributed by atoms with van der Waals surface area (Å²) < 4.78 is 84.2. The monoisotopic (exact) mass is 510 g/mol. The first-order chi connectivity index (χ1) is 16.9. The second kappa shape index (κ2) is 8.36. The maximum atomic E-state index is 13.2. The molecule has 188 valence electrons. The van der Waals surface area contributed by atoms with Gasteiger partial charge in [0, 0.05) is 27.7 Å². The average molecular weight is 510 g/mol. The van der Waals surface area contributed by atoms with Gasteiger partial charge in [-0.2, -0.15) is 31.3 Å². The van der Waals surface area contributed by atoms with Gasteiger partial charge in [-0.3, -0.25) is 4.79 Å². The van der Waals surface area contributed by atoms with Crippen molar-refractivity contribution in [2.24, 2.45) is 0 Å². The zero-order valence-electron chi connectivity index (χ0n) is 18.1. The number of aliphatic carboxylic acids is 1. The minimum atomic E-state index is -5.01. The summed E-state index contributed by atoms with van der Waals surface area (Å²) in [6.45, 7) is 0.561. The molecule has 5 rings (SSSR count). The number of aromatic nitrogens is 3. The van der Waals surface area contributed by atoms with E-state index in [0.29, 0.717) is 30.7 Å². The van der Waals surface area contributed by atoms with Crippen LogP contribution >= 0.6 is 0 Å². The van der Waals surface area contributed by atoms with Gasteiger partial charge in [-0.1, -0.05) is 5.16 Å². The number of H-pyrrole nitrogens is 1. The number of hydrogen-bond donors (Lipinski definition) is 3. The number of carboxylic acid groups (broad SMARTS) is 1. The molecule has 13 heteroatoms. The predicted octanol–water partition coefficient (Wildman–Crippen LogP) is 5.58. The number of hydrogen-bond acceptors (Lipinski definition) is 5. The zero-order valence-corrected chi connectivity index (χ0v) is 18.1. The second-order valence-electron chi connectivity index (χ2n) is 8.35. The van der Waals surface area contributed by atoms with Crippen molar-refractivity contribution >= 4 is 16.9 Å². The first-order valence-electron chi connectivity index (χ1n) is 10.6. The lowest BCUT2D eigenvalue weighted by Gasteiger charge is -2.22. The smallest absolute Gasteiger partial charge is 0.416 e. The standard InChI is InChI=1S/C23H16F6N4O3/c24-22(25,26)12-5-11(6-13(8-12)23(27,28)29)21-32-20(33-36-21)10-1-2-16-15(7-10)14-3-4-30-17(9-18(34)35)19(14)31-16/h1-2,5-8,17,30-31H,3-4,9H2,(H,34,35)/t17-/m0/s1. The summed E-state index contributed by atoms with van der Waals surface area (Å²) in [6.07, 6.45) is -9.51. The number of nitrogens with one attached hydrogen (secondary N) is 2. The lowest BCUT2D eigenvalue weighted by molar-refractivity contribution is -0.143. The maximum absolute atomic E-state index is 13.2. The highest BCUT2D eigenvalue weighted by Crippen LogP contribution is 2.39. The van der Waals surface area contributed by atoms with Gasteiger partial charge in [-0.15, -0.1) is 0 Å². The Morgan fingerprint density at radius 2 is 1.72 bits per heavy atom. The molecule has 0 amide bonds. The van der Waals surface area contributed by atoms with E-state index in [-0.39, 0.29) is 18.3 Å². The minimum Gasteiger partial charge on any atom is -0.481 e. The van der Waals surface area contributed by atoms with Crippen LogP contribution in [-0.4, -0.2) is 32.7 Å². The van der Waals surface area contributed by atoms with E-state index in [1.165, 1.54) is 0 Å². The van der Waals surface area contributed by atoms with E-state index in [0.717, 1.165) is 22.2 Å². The van der Waals surface area contributed by atoms with Crippen molar-refractivity contribution in [1.82, 2.24) is 20.4 Å². The first-order valence-corrected chi connectivity index (χ1v) is 10.6. The molecular weight excluding hydrogens is 494 g/mol. The van der Waals surface area contributed by atoms with Crippen molar-refractivity contribution in [1.29, 1.82) is 0 Å². The van der Waals surface area contributed by atoms with Crippen LogP contribution in [0.3, 0.4) is 0 Å². The molecule has 2 aromatic heterocycles. The lowest BCUT2D eigenvalue weighted by Crippen LogP contribution is -2.31. The molecule has 7 nitrogen and oxygen atoms in total. The zero-order chi connectivity index (χ0) is 25.8. The third kappa shape index (κ3) is 4.41. The summed E-state index contributed by atoms with van der Waals surface area (Å²) in [6, 6.07) is 5.71. The molecule has 0 saturated carbocycles. The molecule has 4 aromatic rings. The topological polar surface area (TPSA) is 104 Å². The Morgan fingerprint density at radius 3 is 2.36 bits per heavy atom. The molecule has 0 unspecified atom stereocenters. The van der Waals surface area contributed by atoms with Gasteiger partial charge in [0.15, 0.2) is 0 Å². The third-order valence-electron chi connectivity index (χ3n) is 5.95. The molecule has 1 atom stereocenters. The van der Waals surface area contributed by atoms with Gasteiger partial charge in [0.1, 0.15) is 0 Å². The molecule has 0 bridgehead atoms. The van der Waals surface area contributed by atoms with Crippen molar-refractivity contribution in [3.05, 3.63) is 58.8 Å². The van der Waals surface area contributed by atoms with Gasteiger partial charge in [0.25, 0.3) is 5.89 Å². The molecule has 0 radical (unpaired) electrons. The molecule has 0 saturated heterocycles. The van der Waals surface area contributed by atoms with E-state index in [2.05, 4.69) is 20.4 Å². The number of rotatable bonds is 4. The summed E-state index contributed by atoms with van der Waals surface area (Å²) >= 11 is 0. The molecule has 36 heavy (non-hydrogen) atoms. The quantitative estimate of drug-likeness (QED) is 0.310. The van der Waals surface area contributed by atoms with Crippen molar-refractivity contribution in [2.45, 2.75) is 31.2 Å². The predicted molar refractivity (Wildman–Crippen MR) is 114 cm³/mol. The molecule has 0 spiro atoms. The summed E-state index contributed by atoms with van der Waals surface area (Å²) in [5.41, 5.74) is -0.677. The second-order valence-corrected chi connectivity index (χ2v) is 8.35. The number of benzene rings is 2. The molecule has 1 aliphatic heterocycles. The van der Waals surface area contributed by atoms with Crippen LogP contribution in [0.4, 0.5) is 26.3 Å². The fraction of sp³-hybridized carbons (Fsp3) is 0.261. The van der Waals surface area contributed by atoms with Crippen LogP contribution in [0.1, 0.15) is 34.8 Å². The normalized spacial score (nSPS) is 16.3. The molecule has 2 aromatic carbocycles. The van der Waals surface area contributed by atoms with E-state index in [1.54, 1.807) is 18.2 Å². The highest BCUT2D eigenvalue weighted by molar-refractivity contribution is 5.89. The van der Waals surface area contributed by atoms with E-state index in [4.69, 9.17) is 4.52 Å². The number of nitrogens with zero attached hydrogens (tertiary/aromatic N) is 2. The van der Waals surface area contributed by atoms with Gasteiger partial charge >= 0.3 is 18.3 Å². The number of aromatic amines is 1. The Labute approximate surface area is 198 Å². The SMILES string of the molecule is O=C(O)C[C@@H]1NCCc2c1[nH]c1ccc(-c3noc(-c4cc(C(F)(F)F)cc(C(F)(F)F)c4)n3)cc21.